The Labute approximate surface area is 183 Å². The standard InChI is InChI=1S/C19H18ClN5O3S2/c1-12-16(29-19(23-12)17-21-7-4-8-22-17)18(26)24-13-5-6-14(20)15(11-13)30(27,28)25-9-2-3-10-25/h4-8,11H,2-3,9-10H2,1H3,(H,24,26). The molecule has 1 aliphatic heterocycles. The third-order valence-corrected chi connectivity index (χ3v) is 8.16. The molecule has 8 nitrogen and oxygen atoms in total. The molecular weight excluding hydrogens is 446 g/mol. The summed E-state index contributed by atoms with van der Waals surface area (Å²) >= 11 is 7.34. The average Bonchev–Trinajstić information content (AvgIpc) is 3.40. The Morgan fingerprint density at radius 1 is 1.20 bits per heavy atom. The lowest BCUT2D eigenvalue weighted by Gasteiger charge is -2.17. The molecule has 156 valence electrons. The zero-order valence-corrected chi connectivity index (χ0v) is 18.4. The summed E-state index contributed by atoms with van der Waals surface area (Å²) in [6.45, 7) is 2.67. The third kappa shape index (κ3) is 4.08. The molecule has 0 aliphatic carbocycles. The third-order valence-electron chi connectivity index (χ3n) is 4.63. The van der Waals surface area contributed by atoms with Crippen LogP contribution in [0.2, 0.25) is 5.02 Å². The van der Waals surface area contributed by atoms with Gasteiger partial charge < -0.3 is 5.32 Å². The van der Waals surface area contributed by atoms with E-state index in [9.17, 15) is 13.2 Å². The molecule has 3 aromatic rings. The lowest BCUT2D eigenvalue weighted by molar-refractivity contribution is 0.102. The number of hydrogen-bond acceptors (Lipinski definition) is 7. The van der Waals surface area contributed by atoms with Crippen LogP contribution < -0.4 is 5.32 Å². The molecule has 1 N–H and O–H groups in total. The highest BCUT2D eigenvalue weighted by Crippen LogP contribution is 2.31. The Bertz CT molecular complexity index is 1190. The maximum atomic E-state index is 12.9. The lowest BCUT2D eigenvalue weighted by Crippen LogP contribution is -2.28. The zero-order valence-electron chi connectivity index (χ0n) is 16.0. The number of halogens is 1. The predicted molar refractivity (Wildman–Crippen MR) is 115 cm³/mol. The van der Waals surface area contributed by atoms with Gasteiger partial charge in [-0.3, -0.25) is 4.79 Å². The predicted octanol–water partition coefficient (Wildman–Crippen LogP) is 3.60. The van der Waals surface area contributed by atoms with E-state index >= 15 is 0 Å². The van der Waals surface area contributed by atoms with E-state index in [2.05, 4.69) is 20.3 Å². The first kappa shape index (κ1) is 20.9. The van der Waals surface area contributed by atoms with Gasteiger partial charge in [-0.25, -0.2) is 23.4 Å². The Kier molecular flexibility index (Phi) is 5.83. The fraction of sp³-hybridized carbons (Fsp3) is 0.263. The van der Waals surface area contributed by atoms with E-state index in [-0.39, 0.29) is 15.8 Å². The Morgan fingerprint density at radius 3 is 2.60 bits per heavy atom. The number of nitrogens with one attached hydrogen (secondary N) is 1. The highest BCUT2D eigenvalue weighted by molar-refractivity contribution is 7.89. The summed E-state index contributed by atoms with van der Waals surface area (Å²) in [5, 5.41) is 3.40. The molecular formula is C19H18ClN5O3S2. The van der Waals surface area contributed by atoms with Crippen molar-refractivity contribution in [2.24, 2.45) is 0 Å². The van der Waals surface area contributed by atoms with Gasteiger partial charge in [-0.15, -0.1) is 11.3 Å². The maximum absolute atomic E-state index is 12.9. The molecule has 0 bridgehead atoms. The lowest BCUT2D eigenvalue weighted by atomic mass is 10.3. The number of nitrogens with zero attached hydrogens (tertiary/aromatic N) is 4. The van der Waals surface area contributed by atoms with Crippen molar-refractivity contribution in [2.45, 2.75) is 24.7 Å². The van der Waals surface area contributed by atoms with Gasteiger partial charge in [0.2, 0.25) is 10.0 Å². The molecule has 1 amide bonds. The van der Waals surface area contributed by atoms with Crippen LogP contribution in [-0.4, -0.2) is 46.7 Å². The van der Waals surface area contributed by atoms with Crippen LogP contribution in [0.5, 0.6) is 0 Å². The fourth-order valence-corrected chi connectivity index (χ4v) is 6.07. The van der Waals surface area contributed by atoms with Crippen LogP contribution in [-0.2, 0) is 10.0 Å². The molecule has 1 saturated heterocycles. The Morgan fingerprint density at radius 2 is 1.90 bits per heavy atom. The SMILES string of the molecule is Cc1nc(-c2ncccn2)sc1C(=O)Nc1ccc(Cl)c(S(=O)(=O)N2CCCC2)c1. The summed E-state index contributed by atoms with van der Waals surface area (Å²) in [5.74, 6) is 0.0501. The second-order valence-electron chi connectivity index (χ2n) is 6.72. The molecule has 2 aromatic heterocycles. The summed E-state index contributed by atoms with van der Waals surface area (Å²) in [4.78, 5) is 25.9. The van der Waals surface area contributed by atoms with E-state index in [0.29, 0.717) is 40.2 Å². The van der Waals surface area contributed by atoms with Gasteiger partial charge in [0.25, 0.3) is 5.91 Å². The van der Waals surface area contributed by atoms with Crippen LogP contribution in [0.4, 0.5) is 5.69 Å². The first-order valence-electron chi connectivity index (χ1n) is 9.22. The van der Waals surface area contributed by atoms with Gasteiger partial charge >= 0.3 is 0 Å². The topological polar surface area (TPSA) is 105 Å². The minimum absolute atomic E-state index is 0.0109. The number of carbonyl (C=O) groups is 1. The van der Waals surface area contributed by atoms with Crippen molar-refractivity contribution in [1.82, 2.24) is 19.3 Å². The van der Waals surface area contributed by atoms with Gasteiger partial charge in [0, 0.05) is 31.2 Å². The number of thiazole rings is 1. The van der Waals surface area contributed by atoms with Crippen LogP contribution in [0, 0.1) is 6.92 Å². The zero-order chi connectivity index (χ0) is 21.3. The molecule has 0 spiro atoms. The Hall–Kier alpha value is -2.40. The van der Waals surface area contributed by atoms with Gasteiger partial charge in [0.15, 0.2) is 10.8 Å². The summed E-state index contributed by atoms with van der Waals surface area (Å²) < 4.78 is 27.2. The first-order valence-corrected chi connectivity index (χ1v) is 11.9. The van der Waals surface area contributed by atoms with E-state index < -0.39 is 10.0 Å². The first-order chi connectivity index (χ1) is 14.4. The number of anilines is 1. The summed E-state index contributed by atoms with van der Waals surface area (Å²) in [6.07, 6.45) is 4.86. The van der Waals surface area contributed by atoms with Gasteiger partial charge in [0.05, 0.1) is 10.7 Å². The van der Waals surface area contributed by atoms with Gasteiger partial charge in [-0.05, 0) is 44.0 Å². The van der Waals surface area contributed by atoms with Crippen molar-refractivity contribution in [1.29, 1.82) is 0 Å². The van der Waals surface area contributed by atoms with Crippen molar-refractivity contribution in [2.75, 3.05) is 18.4 Å². The summed E-state index contributed by atoms with van der Waals surface area (Å²) in [7, 11) is -3.71. The minimum Gasteiger partial charge on any atom is -0.321 e. The number of sulfonamides is 1. The van der Waals surface area contributed by atoms with Crippen LogP contribution in [0.3, 0.4) is 0 Å². The quantitative estimate of drug-likeness (QED) is 0.619. The van der Waals surface area contributed by atoms with E-state index in [1.807, 2.05) is 0 Å². The van der Waals surface area contributed by atoms with Crippen molar-refractivity contribution < 1.29 is 13.2 Å². The monoisotopic (exact) mass is 463 g/mol. The largest absolute Gasteiger partial charge is 0.321 e. The van der Waals surface area contributed by atoms with Gasteiger partial charge in [0.1, 0.15) is 9.77 Å². The maximum Gasteiger partial charge on any atom is 0.267 e. The molecule has 3 heterocycles. The number of hydrogen-bond donors (Lipinski definition) is 1. The smallest absolute Gasteiger partial charge is 0.267 e. The second kappa shape index (κ2) is 8.38. The molecule has 11 heteroatoms. The van der Waals surface area contributed by atoms with Crippen LogP contribution in [0.25, 0.3) is 10.8 Å². The molecule has 30 heavy (non-hydrogen) atoms. The molecule has 1 fully saturated rings. The number of benzene rings is 1. The molecule has 0 saturated carbocycles. The highest BCUT2D eigenvalue weighted by Gasteiger charge is 2.29. The van der Waals surface area contributed by atoms with E-state index in [1.165, 1.54) is 27.8 Å². The fourth-order valence-electron chi connectivity index (χ4n) is 3.15. The van der Waals surface area contributed by atoms with E-state index in [4.69, 9.17) is 11.6 Å². The van der Waals surface area contributed by atoms with Crippen molar-refractivity contribution in [3.05, 3.63) is 52.3 Å². The van der Waals surface area contributed by atoms with Crippen molar-refractivity contribution in [3.63, 3.8) is 0 Å². The van der Waals surface area contributed by atoms with E-state index in [1.54, 1.807) is 31.5 Å². The number of aromatic nitrogens is 3. The molecule has 0 unspecified atom stereocenters. The number of aryl methyl sites for hydroxylation is 1. The highest BCUT2D eigenvalue weighted by atomic mass is 35.5. The van der Waals surface area contributed by atoms with Crippen molar-refractivity contribution in [3.8, 4) is 10.8 Å². The molecule has 1 aliphatic rings. The number of amides is 1. The molecule has 1 aromatic carbocycles. The Balaban J connectivity index is 1.59. The van der Waals surface area contributed by atoms with Gasteiger partial charge in [-0.1, -0.05) is 11.6 Å². The van der Waals surface area contributed by atoms with Crippen molar-refractivity contribution >= 4 is 44.6 Å². The number of rotatable bonds is 5. The second-order valence-corrected chi connectivity index (χ2v) is 10.0. The average molecular weight is 464 g/mol. The van der Waals surface area contributed by atoms with Crippen LogP contribution >= 0.6 is 22.9 Å². The molecule has 0 radical (unpaired) electrons. The normalized spacial score (nSPS) is 14.7. The summed E-state index contributed by atoms with van der Waals surface area (Å²) in [5.41, 5.74) is 0.881. The summed E-state index contributed by atoms with van der Waals surface area (Å²) in [6, 6.07) is 6.14. The van der Waals surface area contributed by atoms with Crippen LogP contribution in [0.15, 0.2) is 41.6 Å². The minimum atomic E-state index is -3.71. The van der Waals surface area contributed by atoms with Gasteiger partial charge in [-0.2, -0.15) is 4.31 Å². The number of carbonyl (C=O) groups excluding carboxylic acids is 1. The molecule has 0 atom stereocenters. The van der Waals surface area contributed by atoms with Crippen LogP contribution in [0.1, 0.15) is 28.2 Å². The molecule has 4 rings (SSSR count). The van der Waals surface area contributed by atoms with E-state index in [0.717, 1.165) is 12.8 Å².